The van der Waals surface area contributed by atoms with Crippen molar-refractivity contribution in [2.45, 2.75) is 40.4 Å². The molecule has 7 heteroatoms. The Morgan fingerprint density at radius 1 is 1.30 bits per heavy atom. The van der Waals surface area contributed by atoms with Crippen LogP contribution in [0.3, 0.4) is 0 Å². The van der Waals surface area contributed by atoms with Crippen LogP contribution in [0.25, 0.3) is 11.2 Å². The van der Waals surface area contributed by atoms with Crippen LogP contribution in [-0.4, -0.2) is 29.1 Å². The van der Waals surface area contributed by atoms with Crippen molar-refractivity contribution in [2.24, 2.45) is 0 Å². The molecule has 3 aromatic heterocycles. The van der Waals surface area contributed by atoms with Gasteiger partial charge in [0.1, 0.15) is 5.52 Å². The summed E-state index contributed by atoms with van der Waals surface area (Å²) in [5.41, 5.74) is 4.26. The second kappa shape index (κ2) is 4.90. The molecule has 1 N–H and O–H groups in total. The molecule has 20 heavy (non-hydrogen) atoms. The van der Waals surface area contributed by atoms with Crippen molar-refractivity contribution in [3.05, 3.63) is 28.4 Å². The summed E-state index contributed by atoms with van der Waals surface area (Å²) in [5.74, 6) is 0. The van der Waals surface area contributed by atoms with Gasteiger partial charge in [-0.15, -0.1) is 0 Å². The SMILES string of the molecule is CCn1nc(C)c2[nH]c(=S)n(CCn3cc(C)cn3)c21. The molecule has 0 aliphatic carbocycles. The quantitative estimate of drug-likeness (QED) is 0.751. The van der Waals surface area contributed by atoms with Crippen LogP contribution in [0.5, 0.6) is 0 Å². The highest BCUT2D eigenvalue weighted by atomic mass is 32.1. The van der Waals surface area contributed by atoms with Gasteiger partial charge in [0.2, 0.25) is 0 Å². The van der Waals surface area contributed by atoms with Gasteiger partial charge in [-0.2, -0.15) is 10.2 Å². The normalized spacial score (nSPS) is 11.6. The molecule has 0 saturated carbocycles. The van der Waals surface area contributed by atoms with E-state index in [4.69, 9.17) is 12.2 Å². The Morgan fingerprint density at radius 2 is 2.10 bits per heavy atom. The average Bonchev–Trinajstić information content (AvgIpc) is 3.05. The number of hydrogen-bond acceptors (Lipinski definition) is 3. The van der Waals surface area contributed by atoms with E-state index in [2.05, 4.69) is 26.7 Å². The van der Waals surface area contributed by atoms with E-state index in [-0.39, 0.29) is 0 Å². The Hall–Kier alpha value is -1.89. The first-order chi connectivity index (χ1) is 9.60. The predicted molar refractivity (Wildman–Crippen MR) is 80.3 cm³/mol. The van der Waals surface area contributed by atoms with E-state index < -0.39 is 0 Å². The summed E-state index contributed by atoms with van der Waals surface area (Å²) >= 11 is 5.43. The third-order valence-corrected chi connectivity index (χ3v) is 3.77. The van der Waals surface area contributed by atoms with Gasteiger partial charge in [0.25, 0.3) is 0 Å². The molecular weight excluding hydrogens is 272 g/mol. The molecule has 3 heterocycles. The van der Waals surface area contributed by atoms with Crippen LogP contribution in [0.2, 0.25) is 0 Å². The van der Waals surface area contributed by atoms with E-state index in [9.17, 15) is 0 Å². The summed E-state index contributed by atoms with van der Waals surface area (Å²) in [7, 11) is 0. The standard InChI is InChI=1S/C13H18N6S/c1-4-19-12-11(10(3)16-19)15-13(20)18(12)6-5-17-8-9(2)7-14-17/h7-8H,4-6H2,1-3H3,(H,15,20). The maximum atomic E-state index is 5.43. The zero-order valence-electron chi connectivity index (χ0n) is 11.9. The van der Waals surface area contributed by atoms with Crippen LogP contribution >= 0.6 is 12.2 Å². The molecule has 0 spiro atoms. The first-order valence-corrected chi connectivity index (χ1v) is 7.16. The first-order valence-electron chi connectivity index (χ1n) is 6.75. The van der Waals surface area contributed by atoms with Crippen molar-refractivity contribution in [2.75, 3.05) is 0 Å². The minimum atomic E-state index is 0.742. The summed E-state index contributed by atoms with van der Waals surface area (Å²) < 4.78 is 6.78. The number of nitrogens with zero attached hydrogens (tertiary/aromatic N) is 5. The summed E-state index contributed by atoms with van der Waals surface area (Å²) in [6, 6.07) is 0. The summed E-state index contributed by atoms with van der Waals surface area (Å²) in [6.07, 6.45) is 3.91. The zero-order valence-corrected chi connectivity index (χ0v) is 12.7. The number of imidazole rings is 1. The Morgan fingerprint density at radius 3 is 2.75 bits per heavy atom. The van der Waals surface area contributed by atoms with Crippen molar-refractivity contribution in [3.8, 4) is 0 Å². The first kappa shape index (κ1) is 13.1. The molecule has 0 aromatic carbocycles. The average molecular weight is 290 g/mol. The molecule has 6 nitrogen and oxygen atoms in total. The van der Waals surface area contributed by atoms with Crippen molar-refractivity contribution < 1.29 is 0 Å². The number of H-pyrrole nitrogens is 1. The minimum absolute atomic E-state index is 0.742. The van der Waals surface area contributed by atoms with Crippen molar-refractivity contribution >= 4 is 23.4 Å². The van der Waals surface area contributed by atoms with Crippen LogP contribution < -0.4 is 0 Å². The van der Waals surface area contributed by atoms with Crippen LogP contribution in [0, 0.1) is 18.6 Å². The van der Waals surface area contributed by atoms with E-state index in [0.29, 0.717) is 0 Å². The van der Waals surface area contributed by atoms with Gasteiger partial charge >= 0.3 is 0 Å². The van der Waals surface area contributed by atoms with Gasteiger partial charge in [-0.1, -0.05) is 0 Å². The number of aromatic nitrogens is 6. The largest absolute Gasteiger partial charge is 0.328 e. The Bertz CT molecular complexity index is 803. The fourth-order valence-corrected chi connectivity index (χ4v) is 2.76. The molecule has 0 unspecified atom stereocenters. The van der Waals surface area contributed by atoms with E-state index in [0.717, 1.165) is 41.3 Å². The van der Waals surface area contributed by atoms with Gasteiger partial charge in [0.15, 0.2) is 10.4 Å². The van der Waals surface area contributed by atoms with Gasteiger partial charge in [-0.25, -0.2) is 4.68 Å². The fourth-order valence-electron chi connectivity index (χ4n) is 2.48. The van der Waals surface area contributed by atoms with Gasteiger partial charge < -0.3 is 4.98 Å². The van der Waals surface area contributed by atoms with Crippen LogP contribution in [0.15, 0.2) is 12.4 Å². The molecule has 0 fully saturated rings. The van der Waals surface area contributed by atoms with Crippen molar-refractivity contribution in [1.29, 1.82) is 0 Å². The molecular formula is C13H18N6S. The van der Waals surface area contributed by atoms with Crippen LogP contribution in [0.4, 0.5) is 0 Å². The number of nitrogens with one attached hydrogen (secondary N) is 1. The maximum absolute atomic E-state index is 5.43. The molecule has 0 bridgehead atoms. The lowest BCUT2D eigenvalue weighted by atomic mass is 10.4. The van der Waals surface area contributed by atoms with Gasteiger partial charge in [-0.3, -0.25) is 9.25 Å². The van der Waals surface area contributed by atoms with E-state index in [1.807, 2.05) is 35.6 Å². The molecule has 106 valence electrons. The number of fused-ring (bicyclic) bond motifs is 1. The Labute approximate surface area is 122 Å². The molecule has 0 saturated heterocycles. The maximum Gasteiger partial charge on any atom is 0.179 e. The van der Waals surface area contributed by atoms with Gasteiger partial charge in [-0.05, 0) is 38.6 Å². The Kier molecular flexibility index (Phi) is 3.21. The second-order valence-electron chi connectivity index (χ2n) is 4.96. The summed E-state index contributed by atoms with van der Waals surface area (Å²) in [4.78, 5) is 3.26. The molecule has 0 radical (unpaired) electrons. The molecule has 0 atom stereocenters. The highest BCUT2D eigenvalue weighted by Crippen LogP contribution is 2.18. The third-order valence-electron chi connectivity index (χ3n) is 3.45. The molecule has 3 aromatic rings. The fraction of sp³-hybridized carbons (Fsp3) is 0.462. The third kappa shape index (κ3) is 2.07. The molecule has 3 rings (SSSR count). The minimum Gasteiger partial charge on any atom is -0.328 e. The molecule has 0 aliphatic rings. The van der Waals surface area contributed by atoms with Gasteiger partial charge in [0.05, 0.1) is 18.4 Å². The number of hydrogen-bond donors (Lipinski definition) is 1. The lowest BCUT2D eigenvalue weighted by Crippen LogP contribution is -2.10. The summed E-state index contributed by atoms with van der Waals surface area (Å²) in [6.45, 7) is 8.54. The number of rotatable bonds is 4. The molecule has 0 amide bonds. The van der Waals surface area contributed by atoms with E-state index >= 15 is 0 Å². The van der Waals surface area contributed by atoms with Crippen LogP contribution in [-0.2, 0) is 19.6 Å². The van der Waals surface area contributed by atoms with Crippen molar-refractivity contribution in [3.63, 3.8) is 0 Å². The van der Waals surface area contributed by atoms with Crippen LogP contribution in [0.1, 0.15) is 18.2 Å². The highest BCUT2D eigenvalue weighted by Gasteiger charge is 2.13. The second-order valence-corrected chi connectivity index (χ2v) is 5.35. The monoisotopic (exact) mass is 290 g/mol. The predicted octanol–water partition coefficient (Wildman–Crippen LogP) is 2.43. The lowest BCUT2D eigenvalue weighted by molar-refractivity contribution is 0.526. The van der Waals surface area contributed by atoms with Gasteiger partial charge in [0, 0.05) is 19.3 Å². The Balaban J connectivity index is 1.98. The topological polar surface area (TPSA) is 56.4 Å². The number of aromatic amines is 1. The smallest absolute Gasteiger partial charge is 0.179 e. The van der Waals surface area contributed by atoms with Crippen molar-refractivity contribution in [1.82, 2.24) is 29.1 Å². The summed E-state index contributed by atoms with van der Waals surface area (Å²) in [5, 5.41) is 8.83. The zero-order chi connectivity index (χ0) is 14.3. The van der Waals surface area contributed by atoms with E-state index in [1.54, 1.807) is 0 Å². The molecule has 0 aliphatic heterocycles. The lowest BCUT2D eigenvalue weighted by Gasteiger charge is -2.06. The highest BCUT2D eigenvalue weighted by molar-refractivity contribution is 7.71. The number of aryl methyl sites for hydroxylation is 5. The van der Waals surface area contributed by atoms with E-state index in [1.165, 1.54) is 5.56 Å².